The number of nitrogens with two attached hydrogens (primary N) is 1. The number of para-hydroxylation sites is 1. The number of nitrogens with zero attached hydrogens (tertiary/aromatic N) is 2. The van der Waals surface area contributed by atoms with Crippen LogP contribution < -0.4 is 10.6 Å². The molecule has 6 heteroatoms. The van der Waals surface area contributed by atoms with Gasteiger partial charge in [0, 0.05) is 7.05 Å². The first-order valence-electron chi connectivity index (χ1n) is 5.71. The van der Waals surface area contributed by atoms with Crippen molar-refractivity contribution in [2.24, 2.45) is 5.73 Å². The molecule has 100 valence electrons. The molecule has 0 saturated carbocycles. The summed E-state index contributed by atoms with van der Waals surface area (Å²) in [6, 6.07) is 7.14. The van der Waals surface area contributed by atoms with Crippen molar-refractivity contribution in [1.29, 1.82) is 5.26 Å². The van der Waals surface area contributed by atoms with Crippen LogP contribution in [0.3, 0.4) is 0 Å². The van der Waals surface area contributed by atoms with Crippen LogP contribution in [-0.2, 0) is 14.3 Å². The maximum Gasteiger partial charge on any atom is 0.332 e. The highest BCUT2D eigenvalue weighted by Crippen LogP contribution is 2.18. The van der Waals surface area contributed by atoms with Gasteiger partial charge in [-0.3, -0.25) is 4.79 Å². The van der Waals surface area contributed by atoms with Crippen molar-refractivity contribution in [3.8, 4) is 6.07 Å². The second-order valence-corrected chi connectivity index (χ2v) is 3.76. The molecule has 1 aromatic rings. The molecule has 1 unspecified atom stereocenters. The minimum atomic E-state index is -1.39. The zero-order valence-electron chi connectivity index (χ0n) is 10.8. The van der Waals surface area contributed by atoms with Crippen LogP contribution in [0.15, 0.2) is 24.3 Å². The molecule has 1 atom stereocenters. The number of esters is 1. The van der Waals surface area contributed by atoms with Crippen molar-refractivity contribution in [2.45, 2.75) is 13.0 Å². The second-order valence-electron chi connectivity index (χ2n) is 3.76. The summed E-state index contributed by atoms with van der Waals surface area (Å²) in [4.78, 5) is 24.6. The monoisotopic (exact) mass is 261 g/mol. The molecule has 0 aliphatic heterocycles. The van der Waals surface area contributed by atoms with E-state index in [9.17, 15) is 9.59 Å². The molecule has 1 aromatic carbocycles. The molecule has 0 aliphatic carbocycles. The number of hydrogen-bond donors (Lipinski definition) is 1. The highest BCUT2D eigenvalue weighted by atomic mass is 16.5. The summed E-state index contributed by atoms with van der Waals surface area (Å²) in [5, 5.41) is 8.97. The van der Waals surface area contributed by atoms with Crippen LogP contribution >= 0.6 is 0 Å². The lowest BCUT2D eigenvalue weighted by Gasteiger charge is -2.21. The summed E-state index contributed by atoms with van der Waals surface area (Å²) in [6.07, 6.45) is 0. The molecule has 6 nitrogen and oxygen atoms in total. The third-order valence-electron chi connectivity index (χ3n) is 2.52. The van der Waals surface area contributed by atoms with Gasteiger partial charge in [0.2, 0.25) is 0 Å². The van der Waals surface area contributed by atoms with Crippen molar-refractivity contribution in [1.82, 2.24) is 0 Å². The second kappa shape index (κ2) is 6.52. The molecule has 0 saturated heterocycles. The van der Waals surface area contributed by atoms with E-state index < -0.39 is 17.9 Å². The topological polar surface area (TPSA) is 96.4 Å². The molecule has 1 rings (SSSR count). The van der Waals surface area contributed by atoms with Crippen molar-refractivity contribution >= 4 is 17.6 Å². The van der Waals surface area contributed by atoms with Crippen LogP contribution in [0.4, 0.5) is 5.69 Å². The standard InChI is InChI=1S/C13H15N3O3/c1-3-19-13(18)11(15)12(17)16(2)10-7-5-4-6-9(10)8-14/h4-7,11H,3,15H2,1-2H3. The molecule has 19 heavy (non-hydrogen) atoms. The Balaban J connectivity index is 2.94. The fourth-order valence-electron chi connectivity index (χ4n) is 1.52. The van der Waals surface area contributed by atoms with Crippen LogP contribution in [0, 0.1) is 11.3 Å². The Morgan fingerprint density at radius 3 is 2.68 bits per heavy atom. The largest absolute Gasteiger partial charge is 0.464 e. The van der Waals surface area contributed by atoms with Crippen molar-refractivity contribution < 1.29 is 14.3 Å². The molecule has 0 heterocycles. The smallest absolute Gasteiger partial charge is 0.332 e. The van der Waals surface area contributed by atoms with E-state index in [1.807, 2.05) is 6.07 Å². The predicted octanol–water partition coefficient (Wildman–Crippen LogP) is 0.411. The summed E-state index contributed by atoms with van der Waals surface area (Å²) in [6.45, 7) is 1.78. The molecule has 0 aliphatic rings. The molecular weight excluding hydrogens is 246 g/mol. The van der Waals surface area contributed by atoms with Gasteiger partial charge in [-0.2, -0.15) is 5.26 Å². The number of anilines is 1. The summed E-state index contributed by atoms with van der Waals surface area (Å²) in [7, 11) is 1.46. The summed E-state index contributed by atoms with van der Waals surface area (Å²) >= 11 is 0. The number of likely N-dealkylation sites (N-methyl/N-ethyl adjacent to an activating group) is 1. The van der Waals surface area contributed by atoms with Gasteiger partial charge in [0.15, 0.2) is 6.04 Å². The molecular formula is C13H15N3O3. The van der Waals surface area contributed by atoms with E-state index >= 15 is 0 Å². The fraction of sp³-hybridized carbons (Fsp3) is 0.308. The SMILES string of the molecule is CCOC(=O)C(N)C(=O)N(C)c1ccccc1C#N. The zero-order chi connectivity index (χ0) is 14.4. The van der Waals surface area contributed by atoms with Crippen molar-refractivity contribution in [3.05, 3.63) is 29.8 Å². The molecule has 0 bridgehead atoms. The quantitative estimate of drug-likeness (QED) is 0.625. The lowest BCUT2D eigenvalue weighted by atomic mass is 10.1. The Morgan fingerprint density at radius 2 is 2.11 bits per heavy atom. The maximum atomic E-state index is 12.0. The van der Waals surface area contributed by atoms with Gasteiger partial charge in [-0.05, 0) is 19.1 Å². The zero-order valence-corrected chi connectivity index (χ0v) is 10.8. The van der Waals surface area contributed by atoms with Gasteiger partial charge in [0.1, 0.15) is 6.07 Å². The molecule has 2 N–H and O–H groups in total. The molecule has 0 radical (unpaired) electrons. The van der Waals surface area contributed by atoms with Crippen molar-refractivity contribution in [2.75, 3.05) is 18.6 Å². The third-order valence-corrected chi connectivity index (χ3v) is 2.52. The number of carbonyl (C=O) groups excluding carboxylic acids is 2. The summed E-state index contributed by atoms with van der Waals surface area (Å²) < 4.78 is 4.69. The van der Waals surface area contributed by atoms with Crippen LogP contribution in [0.5, 0.6) is 0 Å². The van der Waals surface area contributed by atoms with Gasteiger partial charge < -0.3 is 15.4 Å². The molecule has 0 fully saturated rings. The minimum absolute atomic E-state index is 0.151. The number of nitriles is 1. The van der Waals surface area contributed by atoms with E-state index in [1.54, 1.807) is 31.2 Å². The van der Waals surface area contributed by atoms with E-state index in [0.717, 1.165) is 0 Å². The number of hydrogen-bond acceptors (Lipinski definition) is 5. The average Bonchev–Trinajstić information content (AvgIpc) is 2.45. The van der Waals surface area contributed by atoms with Gasteiger partial charge >= 0.3 is 5.97 Å². The van der Waals surface area contributed by atoms with Crippen LogP contribution in [0.2, 0.25) is 0 Å². The van der Waals surface area contributed by atoms with Crippen molar-refractivity contribution in [3.63, 3.8) is 0 Å². The third kappa shape index (κ3) is 3.30. The lowest BCUT2D eigenvalue weighted by Crippen LogP contribution is -2.47. The number of amides is 1. The van der Waals surface area contributed by atoms with Gasteiger partial charge in [-0.15, -0.1) is 0 Å². The van der Waals surface area contributed by atoms with Crippen LogP contribution in [0.25, 0.3) is 0 Å². The van der Waals surface area contributed by atoms with Gasteiger partial charge in [-0.25, -0.2) is 4.79 Å². The van der Waals surface area contributed by atoms with Gasteiger partial charge in [0.05, 0.1) is 17.9 Å². The number of ether oxygens (including phenoxy) is 1. The van der Waals surface area contributed by atoms with E-state index in [-0.39, 0.29) is 6.61 Å². The predicted molar refractivity (Wildman–Crippen MR) is 69.2 cm³/mol. The number of rotatable bonds is 4. The Kier molecular flexibility index (Phi) is 5.03. The Labute approximate surface area is 111 Å². The first-order valence-corrected chi connectivity index (χ1v) is 5.71. The highest BCUT2D eigenvalue weighted by molar-refractivity contribution is 6.09. The molecule has 1 amide bonds. The molecule has 0 spiro atoms. The average molecular weight is 261 g/mol. The maximum absolute atomic E-state index is 12.0. The number of carbonyl (C=O) groups is 2. The number of benzene rings is 1. The minimum Gasteiger partial charge on any atom is -0.464 e. The van der Waals surface area contributed by atoms with E-state index in [4.69, 9.17) is 15.7 Å². The Bertz CT molecular complexity index is 522. The van der Waals surface area contributed by atoms with Gasteiger partial charge in [0.25, 0.3) is 5.91 Å². The van der Waals surface area contributed by atoms with Crippen LogP contribution in [0.1, 0.15) is 12.5 Å². The highest BCUT2D eigenvalue weighted by Gasteiger charge is 2.28. The van der Waals surface area contributed by atoms with Crippen LogP contribution in [-0.4, -0.2) is 31.6 Å². The molecule has 0 aromatic heterocycles. The van der Waals surface area contributed by atoms with E-state index in [1.165, 1.54) is 11.9 Å². The summed E-state index contributed by atoms with van der Waals surface area (Å²) in [5.74, 6) is -1.41. The first kappa shape index (κ1) is 14.7. The first-order chi connectivity index (χ1) is 9.02. The van der Waals surface area contributed by atoms with E-state index in [0.29, 0.717) is 11.3 Å². The van der Waals surface area contributed by atoms with Gasteiger partial charge in [-0.1, -0.05) is 12.1 Å². The normalized spacial score (nSPS) is 11.3. The fourth-order valence-corrected chi connectivity index (χ4v) is 1.52. The lowest BCUT2D eigenvalue weighted by molar-refractivity contribution is -0.147. The summed E-state index contributed by atoms with van der Waals surface area (Å²) in [5.41, 5.74) is 6.25. The van der Waals surface area contributed by atoms with E-state index in [2.05, 4.69) is 0 Å². The Morgan fingerprint density at radius 1 is 1.47 bits per heavy atom. The Hall–Kier alpha value is -2.39.